The Hall–Kier alpha value is -4.12. The molecule has 3 amide bonds. The average Bonchev–Trinajstić information content (AvgIpc) is 3.34. The predicted octanol–water partition coefficient (Wildman–Crippen LogP) is 3.13. The normalized spacial score (nSPS) is 20.6. The van der Waals surface area contributed by atoms with Crippen molar-refractivity contribution in [1.29, 1.82) is 0 Å². The number of ether oxygens (including phenoxy) is 1. The number of nitrogens with zero attached hydrogens (tertiary/aromatic N) is 4. The number of piperazine rings is 1. The topological polar surface area (TPSA) is 117 Å². The zero-order valence-electron chi connectivity index (χ0n) is 23.7. The van der Waals surface area contributed by atoms with Crippen LogP contribution in [0.4, 0.5) is 10.5 Å². The van der Waals surface area contributed by atoms with Crippen LogP contribution in [0.25, 0.3) is 11.1 Å². The third-order valence-electron chi connectivity index (χ3n) is 8.79. The Bertz CT molecular complexity index is 1480. The second-order valence-electron chi connectivity index (χ2n) is 11.4. The van der Waals surface area contributed by atoms with Crippen LogP contribution in [-0.4, -0.2) is 78.1 Å². The Labute approximate surface area is 244 Å². The highest BCUT2D eigenvalue weighted by Crippen LogP contribution is 2.30. The molecule has 42 heavy (non-hydrogen) atoms. The number of benzene rings is 2. The fourth-order valence-electron chi connectivity index (χ4n) is 6.26. The third kappa shape index (κ3) is 6.20. The van der Waals surface area contributed by atoms with Gasteiger partial charge in [0.25, 0.3) is 0 Å². The lowest BCUT2D eigenvalue weighted by molar-refractivity contribution is -0.135. The first-order valence-corrected chi connectivity index (χ1v) is 14.9. The van der Waals surface area contributed by atoms with Crippen LogP contribution in [0.15, 0.2) is 57.7 Å². The minimum absolute atomic E-state index is 0.197. The first-order chi connectivity index (χ1) is 20.4. The van der Waals surface area contributed by atoms with Gasteiger partial charge < -0.3 is 19.0 Å². The van der Waals surface area contributed by atoms with E-state index in [1.807, 2.05) is 48.5 Å². The fraction of sp³-hybridized carbons (Fsp3) is 0.484. The number of rotatable bonds is 7. The highest BCUT2D eigenvalue weighted by molar-refractivity contribution is 6.00. The molecule has 6 rings (SSSR count). The van der Waals surface area contributed by atoms with Crippen LogP contribution < -0.4 is 16.0 Å². The Morgan fingerprint density at radius 1 is 0.929 bits per heavy atom. The molecule has 2 aromatic carbocycles. The number of oxazole rings is 1. The zero-order chi connectivity index (χ0) is 29.1. The summed E-state index contributed by atoms with van der Waals surface area (Å²) in [5, 5.41) is 2.31. The summed E-state index contributed by atoms with van der Waals surface area (Å²) in [4.78, 5) is 55.5. The van der Waals surface area contributed by atoms with E-state index < -0.39 is 17.7 Å². The van der Waals surface area contributed by atoms with E-state index in [-0.39, 0.29) is 24.8 Å². The number of piperidine rings is 2. The molecule has 11 heteroatoms. The third-order valence-corrected chi connectivity index (χ3v) is 8.79. The van der Waals surface area contributed by atoms with Crippen LogP contribution in [-0.2, 0) is 20.9 Å². The number of amides is 3. The number of carbonyl (C=O) groups excluding carboxylic acids is 3. The van der Waals surface area contributed by atoms with Crippen molar-refractivity contribution in [2.24, 2.45) is 5.92 Å². The molecule has 222 valence electrons. The summed E-state index contributed by atoms with van der Waals surface area (Å²) in [7, 11) is 0. The first kappa shape index (κ1) is 28.0. The maximum absolute atomic E-state index is 12.6. The van der Waals surface area contributed by atoms with Gasteiger partial charge in [-0.25, -0.2) is 9.59 Å². The van der Waals surface area contributed by atoms with E-state index >= 15 is 0 Å². The molecule has 1 N–H and O–H groups in total. The van der Waals surface area contributed by atoms with Crippen molar-refractivity contribution in [2.75, 3.05) is 50.7 Å². The maximum Gasteiger partial charge on any atom is 0.420 e. The number of anilines is 1. The van der Waals surface area contributed by atoms with Gasteiger partial charge in [0.05, 0.1) is 5.52 Å². The van der Waals surface area contributed by atoms with E-state index in [1.165, 1.54) is 4.57 Å². The molecule has 3 aliphatic rings. The average molecular weight is 576 g/mol. The molecule has 3 fully saturated rings. The summed E-state index contributed by atoms with van der Waals surface area (Å²) in [6.07, 6.45) is 3.55. The quantitative estimate of drug-likeness (QED) is 0.427. The van der Waals surface area contributed by atoms with Crippen molar-refractivity contribution in [3.8, 4) is 0 Å². The van der Waals surface area contributed by atoms with Crippen LogP contribution in [0.5, 0.6) is 0 Å². The largest absolute Gasteiger partial charge is 0.445 e. The maximum atomic E-state index is 12.6. The molecule has 11 nitrogen and oxygen atoms in total. The summed E-state index contributed by atoms with van der Waals surface area (Å²) in [5.74, 6) is -0.724. The Morgan fingerprint density at radius 2 is 1.69 bits per heavy atom. The molecule has 0 radical (unpaired) electrons. The summed E-state index contributed by atoms with van der Waals surface area (Å²) in [6.45, 7) is 6.29. The van der Waals surface area contributed by atoms with Crippen molar-refractivity contribution >= 4 is 34.7 Å². The van der Waals surface area contributed by atoms with Gasteiger partial charge in [0.1, 0.15) is 12.6 Å². The highest BCUT2D eigenvalue weighted by atomic mass is 16.6. The van der Waals surface area contributed by atoms with Crippen molar-refractivity contribution in [1.82, 2.24) is 19.7 Å². The van der Waals surface area contributed by atoms with Gasteiger partial charge in [-0.1, -0.05) is 30.3 Å². The SMILES string of the molecule is O=C1CC[C@@H](n2c(=O)oc3cc(N4CCC(CCN5CCN(C(=O)OCc6ccccc6)CC5)CC4)ccc32)C(=O)N1. The molecule has 0 unspecified atom stereocenters. The van der Waals surface area contributed by atoms with Gasteiger partial charge in [0.2, 0.25) is 11.8 Å². The standard InChI is InChI=1S/C31H37N5O6/c37-28-9-8-26(29(38)32-28)36-25-7-6-24(20-27(25)42-31(36)40)34-14-11-22(12-15-34)10-13-33-16-18-35(19-17-33)30(39)41-21-23-4-2-1-3-5-23/h1-7,20,22,26H,8-19,21H2,(H,32,37,38)/t26-/m1/s1. The predicted molar refractivity (Wildman–Crippen MR) is 156 cm³/mol. The van der Waals surface area contributed by atoms with Crippen LogP contribution in [0.1, 0.15) is 43.7 Å². The minimum atomic E-state index is -0.741. The monoisotopic (exact) mass is 575 g/mol. The van der Waals surface area contributed by atoms with Crippen molar-refractivity contribution in [3.05, 3.63) is 64.6 Å². The fourth-order valence-corrected chi connectivity index (χ4v) is 6.26. The lowest BCUT2D eigenvalue weighted by atomic mass is 9.93. The summed E-state index contributed by atoms with van der Waals surface area (Å²) < 4.78 is 12.4. The van der Waals surface area contributed by atoms with Gasteiger partial charge in [0.15, 0.2) is 5.58 Å². The van der Waals surface area contributed by atoms with Crippen LogP contribution >= 0.6 is 0 Å². The molecule has 3 aromatic rings. The van der Waals surface area contributed by atoms with E-state index in [0.717, 1.165) is 63.2 Å². The molecular formula is C31H37N5O6. The van der Waals surface area contributed by atoms with E-state index in [2.05, 4.69) is 15.1 Å². The molecule has 3 saturated heterocycles. The van der Waals surface area contributed by atoms with Crippen molar-refractivity contribution < 1.29 is 23.5 Å². The van der Waals surface area contributed by atoms with Crippen LogP contribution in [0, 0.1) is 5.92 Å². The Morgan fingerprint density at radius 3 is 2.43 bits per heavy atom. The van der Waals surface area contributed by atoms with Gasteiger partial charge in [-0.3, -0.25) is 24.4 Å². The Kier molecular flexibility index (Phi) is 8.27. The van der Waals surface area contributed by atoms with E-state index in [9.17, 15) is 19.2 Å². The minimum Gasteiger partial charge on any atom is -0.445 e. The van der Waals surface area contributed by atoms with Gasteiger partial charge in [-0.05, 0) is 55.8 Å². The number of aromatic nitrogens is 1. The molecule has 1 aromatic heterocycles. The number of hydrogen-bond acceptors (Lipinski definition) is 8. The number of imide groups is 1. The zero-order valence-corrected chi connectivity index (χ0v) is 23.7. The van der Waals surface area contributed by atoms with E-state index in [1.54, 1.807) is 4.90 Å². The highest BCUT2D eigenvalue weighted by Gasteiger charge is 2.31. The number of carbonyl (C=O) groups is 3. The molecular weight excluding hydrogens is 538 g/mol. The molecule has 1 atom stereocenters. The Balaban J connectivity index is 0.950. The summed E-state index contributed by atoms with van der Waals surface area (Å²) in [6, 6.07) is 14.7. The van der Waals surface area contributed by atoms with E-state index in [4.69, 9.17) is 9.15 Å². The molecule has 3 aliphatic heterocycles. The van der Waals surface area contributed by atoms with Gasteiger partial charge in [0, 0.05) is 57.4 Å². The second-order valence-corrected chi connectivity index (χ2v) is 11.4. The molecule has 0 aliphatic carbocycles. The van der Waals surface area contributed by atoms with Crippen LogP contribution in [0.2, 0.25) is 0 Å². The van der Waals surface area contributed by atoms with Gasteiger partial charge in [-0.15, -0.1) is 0 Å². The number of hydrogen-bond donors (Lipinski definition) is 1. The lowest BCUT2D eigenvalue weighted by Crippen LogP contribution is -2.49. The van der Waals surface area contributed by atoms with Gasteiger partial charge >= 0.3 is 11.8 Å². The number of nitrogens with one attached hydrogen (secondary N) is 1. The molecule has 0 saturated carbocycles. The second kappa shape index (κ2) is 12.4. The van der Waals surface area contributed by atoms with Crippen molar-refractivity contribution in [2.45, 2.75) is 44.8 Å². The van der Waals surface area contributed by atoms with Gasteiger partial charge in [-0.2, -0.15) is 0 Å². The first-order valence-electron chi connectivity index (χ1n) is 14.9. The smallest absolute Gasteiger partial charge is 0.420 e. The van der Waals surface area contributed by atoms with Crippen molar-refractivity contribution in [3.63, 3.8) is 0 Å². The molecule has 0 bridgehead atoms. The lowest BCUT2D eigenvalue weighted by Gasteiger charge is -2.37. The number of fused-ring (bicyclic) bond motifs is 1. The van der Waals surface area contributed by atoms with Crippen LogP contribution in [0.3, 0.4) is 0 Å². The van der Waals surface area contributed by atoms with E-state index in [0.29, 0.717) is 36.7 Å². The summed E-state index contributed by atoms with van der Waals surface area (Å²) in [5.41, 5.74) is 3.01. The summed E-state index contributed by atoms with van der Waals surface area (Å²) >= 11 is 0. The molecule has 0 spiro atoms. The molecule has 4 heterocycles.